The summed E-state index contributed by atoms with van der Waals surface area (Å²) in [4.78, 5) is 0. The maximum absolute atomic E-state index is 14.5. The molecule has 3 aromatic carbocycles. The van der Waals surface area contributed by atoms with E-state index in [2.05, 4.69) is 18.8 Å². The largest absolute Gasteiger partial charge is 0.488 e. The molecule has 5 heteroatoms. The summed E-state index contributed by atoms with van der Waals surface area (Å²) < 4.78 is 62.2. The number of hydrogen-bond donors (Lipinski definition) is 0. The Hall–Kier alpha value is -3.26. The van der Waals surface area contributed by atoms with Crippen LogP contribution in [0.15, 0.2) is 48.5 Å². The fraction of sp³-hybridized carbons (Fsp3) is 0.200. The van der Waals surface area contributed by atoms with Crippen molar-refractivity contribution < 1.29 is 22.3 Å². The molecular formula is C25H20F4O. The van der Waals surface area contributed by atoms with Crippen LogP contribution in [0.4, 0.5) is 17.6 Å². The molecule has 0 aliphatic rings. The molecule has 30 heavy (non-hydrogen) atoms. The van der Waals surface area contributed by atoms with Crippen LogP contribution in [0.5, 0.6) is 5.75 Å². The van der Waals surface area contributed by atoms with Crippen LogP contribution in [-0.4, -0.2) is 0 Å². The SMILES string of the molecule is CC#Cc1c(F)cc(OCc2c(F)cc(-c3ccc(CCC)cc3)cc2F)cc1F. The molecule has 0 radical (unpaired) electrons. The maximum Gasteiger partial charge on any atom is 0.145 e. The van der Waals surface area contributed by atoms with E-state index in [0.29, 0.717) is 11.1 Å². The molecule has 0 atom stereocenters. The summed E-state index contributed by atoms with van der Waals surface area (Å²) in [7, 11) is 0. The number of benzene rings is 3. The Labute approximate surface area is 173 Å². The second-order valence-corrected chi connectivity index (χ2v) is 6.79. The number of aryl methyl sites for hydroxylation is 1. The molecule has 1 nitrogen and oxygen atoms in total. The number of ether oxygens (including phenoxy) is 1. The van der Waals surface area contributed by atoms with E-state index in [0.717, 1.165) is 30.5 Å². The van der Waals surface area contributed by atoms with Gasteiger partial charge in [0.15, 0.2) is 0 Å². The van der Waals surface area contributed by atoms with Gasteiger partial charge in [0, 0.05) is 12.1 Å². The summed E-state index contributed by atoms with van der Waals surface area (Å²) in [5.74, 6) is 1.17. The summed E-state index contributed by atoms with van der Waals surface area (Å²) in [5.41, 5.74) is 1.55. The van der Waals surface area contributed by atoms with Gasteiger partial charge in [-0.3, -0.25) is 0 Å². The van der Waals surface area contributed by atoms with Crippen LogP contribution in [-0.2, 0) is 13.0 Å². The lowest BCUT2D eigenvalue weighted by atomic mass is 10.0. The van der Waals surface area contributed by atoms with Gasteiger partial charge < -0.3 is 4.74 Å². The Morgan fingerprint density at radius 3 is 1.93 bits per heavy atom. The van der Waals surface area contributed by atoms with E-state index in [1.165, 1.54) is 19.1 Å². The first kappa shape index (κ1) is 21.4. The zero-order valence-electron chi connectivity index (χ0n) is 16.7. The van der Waals surface area contributed by atoms with Gasteiger partial charge in [-0.05, 0) is 42.2 Å². The Morgan fingerprint density at radius 2 is 1.40 bits per heavy atom. The number of hydrogen-bond acceptors (Lipinski definition) is 1. The molecule has 154 valence electrons. The Morgan fingerprint density at radius 1 is 0.800 bits per heavy atom. The molecule has 0 heterocycles. The minimum atomic E-state index is -0.901. The summed E-state index contributed by atoms with van der Waals surface area (Å²) >= 11 is 0. The smallest absolute Gasteiger partial charge is 0.145 e. The van der Waals surface area contributed by atoms with Crippen molar-refractivity contribution >= 4 is 0 Å². The second-order valence-electron chi connectivity index (χ2n) is 6.79. The molecule has 3 rings (SSSR count). The van der Waals surface area contributed by atoms with Crippen LogP contribution >= 0.6 is 0 Å². The van der Waals surface area contributed by atoms with Crippen LogP contribution in [0, 0.1) is 35.1 Å². The molecule has 0 amide bonds. The van der Waals surface area contributed by atoms with Crippen molar-refractivity contribution in [1.82, 2.24) is 0 Å². The van der Waals surface area contributed by atoms with Gasteiger partial charge in [-0.1, -0.05) is 43.5 Å². The van der Waals surface area contributed by atoms with Crippen LogP contribution in [0.2, 0.25) is 0 Å². The van der Waals surface area contributed by atoms with E-state index in [-0.39, 0.29) is 16.9 Å². The first-order chi connectivity index (χ1) is 14.4. The zero-order valence-corrected chi connectivity index (χ0v) is 16.7. The van der Waals surface area contributed by atoms with Gasteiger partial charge in [-0.2, -0.15) is 0 Å². The van der Waals surface area contributed by atoms with Gasteiger partial charge in [0.25, 0.3) is 0 Å². The molecule has 0 fully saturated rings. The van der Waals surface area contributed by atoms with E-state index in [1.54, 1.807) is 0 Å². The van der Waals surface area contributed by atoms with Crippen LogP contribution in [0.25, 0.3) is 11.1 Å². The topological polar surface area (TPSA) is 9.23 Å². The highest BCUT2D eigenvalue weighted by molar-refractivity contribution is 5.64. The summed E-state index contributed by atoms with van der Waals surface area (Å²) in [6.07, 6.45) is 1.95. The highest BCUT2D eigenvalue weighted by Gasteiger charge is 2.15. The third kappa shape index (κ3) is 4.83. The van der Waals surface area contributed by atoms with E-state index < -0.39 is 29.9 Å². The minimum Gasteiger partial charge on any atom is -0.488 e. The van der Waals surface area contributed by atoms with Gasteiger partial charge in [-0.15, -0.1) is 5.92 Å². The predicted octanol–water partition coefficient (Wildman–Crippen LogP) is 6.81. The third-order valence-electron chi connectivity index (χ3n) is 4.62. The average molecular weight is 412 g/mol. The van der Waals surface area contributed by atoms with Crippen LogP contribution in [0.1, 0.15) is 37.0 Å². The third-order valence-corrected chi connectivity index (χ3v) is 4.62. The maximum atomic E-state index is 14.5. The summed E-state index contributed by atoms with van der Waals surface area (Å²) in [5, 5.41) is 0. The molecular weight excluding hydrogens is 392 g/mol. The molecule has 0 aromatic heterocycles. The van der Waals surface area contributed by atoms with E-state index in [9.17, 15) is 17.6 Å². The van der Waals surface area contributed by atoms with Crippen molar-refractivity contribution in [2.75, 3.05) is 0 Å². The lowest BCUT2D eigenvalue weighted by Crippen LogP contribution is -2.04. The van der Waals surface area contributed by atoms with Crippen molar-refractivity contribution in [1.29, 1.82) is 0 Å². The van der Waals surface area contributed by atoms with E-state index in [1.807, 2.05) is 24.3 Å². The number of rotatable bonds is 6. The fourth-order valence-electron chi connectivity index (χ4n) is 3.09. The molecule has 0 aliphatic heterocycles. The first-order valence-corrected chi connectivity index (χ1v) is 9.54. The molecule has 0 aliphatic carbocycles. The quantitative estimate of drug-likeness (QED) is 0.319. The molecule has 0 saturated heterocycles. The van der Waals surface area contributed by atoms with E-state index >= 15 is 0 Å². The normalized spacial score (nSPS) is 10.5. The summed E-state index contributed by atoms with van der Waals surface area (Å²) in [6, 6.07) is 11.8. The monoisotopic (exact) mass is 412 g/mol. The standard InChI is InChI=1S/C25H20F4O/c1-3-5-16-7-9-17(10-8-16)18-11-22(26)21(23(27)12-18)15-30-19-13-24(28)20(6-4-2)25(29)14-19/h7-14H,3,5,15H2,1-2H3. The average Bonchev–Trinajstić information content (AvgIpc) is 2.71. The van der Waals surface area contributed by atoms with Crippen molar-refractivity contribution in [3.05, 3.63) is 88.5 Å². The lowest BCUT2D eigenvalue weighted by molar-refractivity contribution is 0.289. The lowest BCUT2D eigenvalue weighted by Gasteiger charge is -2.11. The molecule has 0 saturated carbocycles. The minimum absolute atomic E-state index is 0.180. The van der Waals surface area contributed by atoms with Crippen molar-refractivity contribution in [2.45, 2.75) is 33.3 Å². The van der Waals surface area contributed by atoms with Gasteiger partial charge in [-0.25, -0.2) is 17.6 Å². The predicted molar refractivity (Wildman–Crippen MR) is 109 cm³/mol. The molecule has 0 spiro atoms. The van der Waals surface area contributed by atoms with Crippen LogP contribution in [0.3, 0.4) is 0 Å². The molecule has 3 aromatic rings. The Kier molecular flexibility index (Phi) is 6.79. The highest BCUT2D eigenvalue weighted by atomic mass is 19.1. The van der Waals surface area contributed by atoms with Gasteiger partial charge in [0.05, 0.1) is 11.1 Å². The second kappa shape index (κ2) is 9.49. The van der Waals surface area contributed by atoms with E-state index in [4.69, 9.17) is 4.74 Å². The van der Waals surface area contributed by atoms with Crippen molar-refractivity contribution in [3.8, 4) is 28.7 Å². The molecule has 0 bridgehead atoms. The zero-order chi connectivity index (χ0) is 21.7. The molecule has 0 unspecified atom stereocenters. The van der Waals surface area contributed by atoms with Gasteiger partial charge in [0.2, 0.25) is 0 Å². The fourth-order valence-corrected chi connectivity index (χ4v) is 3.09. The first-order valence-electron chi connectivity index (χ1n) is 9.54. The van der Waals surface area contributed by atoms with Crippen molar-refractivity contribution in [3.63, 3.8) is 0 Å². The van der Waals surface area contributed by atoms with Gasteiger partial charge >= 0.3 is 0 Å². The van der Waals surface area contributed by atoms with Gasteiger partial charge in [0.1, 0.15) is 35.6 Å². The Bertz CT molecular complexity index is 1060. The van der Waals surface area contributed by atoms with Crippen molar-refractivity contribution in [2.24, 2.45) is 0 Å². The Balaban J connectivity index is 1.80. The molecule has 0 N–H and O–H groups in total. The highest BCUT2D eigenvalue weighted by Crippen LogP contribution is 2.27. The van der Waals surface area contributed by atoms with Crippen LogP contribution < -0.4 is 4.74 Å². The summed E-state index contributed by atoms with van der Waals surface area (Å²) in [6.45, 7) is 3.03. The number of halogens is 4.